The van der Waals surface area contributed by atoms with Gasteiger partial charge in [-0.15, -0.1) is 10.2 Å². The van der Waals surface area contributed by atoms with Crippen LogP contribution in [0.1, 0.15) is 24.4 Å². The Hall–Kier alpha value is -2.40. The highest BCUT2D eigenvalue weighted by atomic mass is 16.4. The Labute approximate surface area is 116 Å². The van der Waals surface area contributed by atoms with Crippen LogP contribution in [0.15, 0.2) is 57.6 Å². The van der Waals surface area contributed by atoms with E-state index in [-0.39, 0.29) is 6.04 Å². The minimum atomic E-state index is -0.114. The van der Waals surface area contributed by atoms with Crippen molar-refractivity contribution in [2.24, 2.45) is 0 Å². The fraction of sp³-hybridized carbons (Fsp3) is 0.200. The van der Waals surface area contributed by atoms with E-state index in [9.17, 15) is 0 Å². The summed E-state index contributed by atoms with van der Waals surface area (Å²) < 4.78 is 11.0. The van der Waals surface area contributed by atoms with Crippen molar-refractivity contribution >= 4 is 0 Å². The molecule has 0 aliphatic carbocycles. The van der Waals surface area contributed by atoms with Gasteiger partial charge < -0.3 is 14.2 Å². The first kappa shape index (κ1) is 12.6. The molecule has 0 radical (unpaired) electrons. The van der Waals surface area contributed by atoms with E-state index in [1.165, 1.54) is 0 Å². The Balaban J connectivity index is 1.92. The number of benzene rings is 1. The minimum absolute atomic E-state index is 0.114. The van der Waals surface area contributed by atoms with Crippen LogP contribution in [-0.2, 0) is 0 Å². The van der Waals surface area contributed by atoms with Crippen LogP contribution >= 0.6 is 0 Å². The smallest absolute Gasteiger partial charge is 0.283 e. The number of hydrogen-bond donors (Lipinski definition) is 1. The average Bonchev–Trinajstić information content (AvgIpc) is 3.16. The van der Waals surface area contributed by atoms with E-state index in [1.807, 2.05) is 37.3 Å². The number of rotatable bonds is 5. The Morgan fingerprint density at radius 3 is 2.65 bits per heavy atom. The molecule has 0 saturated carbocycles. The molecular formula is C15H15N3O2. The molecule has 1 N–H and O–H groups in total. The van der Waals surface area contributed by atoms with E-state index in [4.69, 9.17) is 8.83 Å². The topological polar surface area (TPSA) is 64.1 Å². The Kier molecular flexibility index (Phi) is 3.60. The normalized spacial score (nSPS) is 12.4. The van der Waals surface area contributed by atoms with Crippen molar-refractivity contribution in [2.75, 3.05) is 6.54 Å². The maximum atomic E-state index is 5.72. The summed E-state index contributed by atoms with van der Waals surface area (Å²) in [4.78, 5) is 0. The van der Waals surface area contributed by atoms with Crippen LogP contribution in [-0.4, -0.2) is 16.7 Å². The van der Waals surface area contributed by atoms with Gasteiger partial charge in [0.2, 0.25) is 5.89 Å². The predicted octanol–water partition coefficient (Wildman–Crippen LogP) is 3.03. The van der Waals surface area contributed by atoms with Gasteiger partial charge in [-0.2, -0.15) is 0 Å². The molecule has 0 amide bonds. The maximum absolute atomic E-state index is 5.72. The van der Waals surface area contributed by atoms with Gasteiger partial charge in [0.15, 0.2) is 5.76 Å². The summed E-state index contributed by atoms with van der Waals surface area (Å²) >= 11 is 0. The Morgan fingerprint density at radius 1 is 1.10 bits per heavy atom. The second-order valence-corrected chi connectivity index (χ2v) is 4.32. The van der Waals surface area contributed by atoms with Crippen molar-refractivity contribution in [3.8, 4) is 11.7 Å². The van der Waals surface area contributed by atoms with Gasteiger partial charge in [0, 0.05) is 0 Å². The molecule has 0 fully saturated rings. The molecule has 2 heterocycles. The van der Waals surface area contributed by atoms with Gasteiger partial charge in [0.05, 0.1) is 6.26 Å². The molecule has 0 bridgehead atoms. The molecule has 0 aliphatic rings. The lowest BCUT2D eigenvalue weighted by Gasteiger charge is -2.13. The van der Waals surface area contributed by atoms with Crippen molar-refractivity contribution in [3.63, 3.8) is 0 Å². The zero-order chi connectivity index (χ0) is 13.8. The zero-order valence-corrected chi connectivity index (χ0v) is 11.1. The number of aromatic nitrogens is 2. The summed E-state index contributed by atoms with van der Waals surface area (Å²) in [6.45, 7) is 2.85. The maximum Gasteiger partial charge on any atom is 0.283 e. The van der Waals surface area contributed by atoms with Gasteiger partial charge in [0.1, 0.15) is 6.04 Å². The summed E-state index contributed by atoms with van der Waals surface area (Å²) in [5.41, 5.74) is 1.09. The van der Waals surface area contributed by atoms with Crippen LogP contribution in [0, 0.1) is 0 Å². The molecular weight excluding hydrogens is 254 g/mol. The van der Waals surface area contributed by atoms with Crippen molar-refractivity contribution < 1.29 is 8.83 Å². The van der Waals surface area contributed by atoms with Crippen LogP contribution < -0.4 is 5.32 Å². The molecule has 20 heavy (non-hydrogen) atoms. The second kappa shape index (κ2) is 5.71. The third kappa shape index (κ3) is 2.48. The third-order valence-corrected chi connectivity index (χ3v) is 2.96. The van der Waals surface area contributed by atoms with E-state index in [0.29, 0.717) is 17.5 Å². The van der Waals surface area contributed by atoms with Crippen LogP contribution in [0.5, 0.6) is 0 Å². The van der Waals surface area contributed by atoms with Gasteiger partial charge in [-0.05, 0) is 24.2 Å². The number of nitrogens with one attached hydrogen (secondary N) is 1. The molecule has 5 heteroatoms. The molecule has 0 saturated heterocycles. The van der Waals surface area contributed by atoms with Crippen molar-refractivity contribution in [2.45, 2.75) is 13.0 Å². The van der Waals surface area contributed by atoms with Gasteiger partial charge >= 0.3 is 0 Å². The Bertz CT molecular complexity index is 647. The molecule has 3 rings (SSSR count). The molecule has 1 unspecified atom stereocenters. The average molecular weight is 269 g/mol. The first-order valence-corrected chi connectivity index (χ1v) is 6.54. The van der Waals surface area contributed by atoms with E-state index >= 15 is 0 Å². The summed E-state index contributed by atoms with van der Waals surface area (Å²) in [6, 6.07) is 13.5. The van der Waals surface area contributed by atoms with Crippen molar-refractivity contribution in [3.05, 3.63) is 60.2 Å². The molecule has 102 valence electrons. The van der Waals surface area contributed by atoms with Crippen LogP contribution in [0.3, 0.4) is 0 Å². The van der Waals surface area contributed by atoms with Crippen molar-refractivity contribution in [1.82, 2.24) is 15.5 Å². The molecule has 1 aromatic carbocycles. The second-order valence-electron chi connectivity index (χ2n) is 4.32. The quantitative estimate of drug-likeness (QED) is 0.771. The molecule has 2 aromatic heterocycles. The lowest BCUT2D eigenvalue weighted by molar-refractivity contribution is 0.434. The molecule has 0 aliphatic heterocycles. The Morgan fingerprint density at radius 2 is 1.95 bits per heavy atom. The monoisotopic (exact) mass is 269 g/mol. The highest BCUT2D eigenvalue weighted by Crippen LogP contribution is 2.24. The van der Waals surface area contributed by atoms with Crippen LogP contribution in [0.2, 0.25) is 0 Å². The first-order valence-electron chi connectivity index (χ1n) is 6.54. The SMILES string of the molecule is CCNC(c1ccccc1)c1nnc(-c2ccco2)o1. The number of furan rings is 1. The van der Waals surface area contributed by atoms with E-state index < -0.39 is 0 Å². The summed E-state index contributed by atoms with van der Waals surface area (Å²) in [5.74, 6) is 1.50. The fourth-order valence-electron chi connectivity index (χ4n) is 2.05. The fourth-order valence-corrected chi connectivity index (χ4v) is 2.05. The highest BCUT2D eigenvalue weighted by Gasteiger charge is 2.20. The standard InChI is InChI=1S/C15H15N3O2/c1-2-16-13(11-7-4-3-5-8-11)15-18-17-14(20-15)12-9-6-10-19-12/h3-10,13,16H,2H2,1H3. The minimum Gasteiger partial charge on any atom is -0.459 e. The van der Waals surface area contributed by atoms with E-state index in [1.54, 1.807) is 18.4 Å². The lowest BCUT2D eigenvalue weighted by Crippen LogP contribution is -2.22. The molecule has 5 nitrogen and oxygen atoms in total. The van der Waals surface area contributed by atoms with Crippen LogP contribution in [0.25, 0.3) is 11.7 Å². The van der Waals surface area contributed by atoms with Gasteiger partial charge in [-0.1, -0.05) is 37.3 Å². The lowest BCUT2D eigenvalue weighted by atomic mass is 10.1. The summed E-state index contributed by atoms with van der Waals surface area (Å²) in [7, 11) is 0. The van der Waals surface area contributed by atoms with E-state index in [2.05, 4.69) is 15.5 Å². The largest absolute Gasteiger partial charge is 0.459 e. The van der Waals surface area contributed by atoms with Crippen molar-refractivity contribution in [1.29, 1.82) is 0 Å². The first-order chi connectivity index (χ1) is 9.88. The number of hydrogen-bond acceptors (Lipinski definition) is 5. The van der Waals surface area contributed by atoms with Gasteiger partial charge in [-0.25, -0.2) is 0 Å². The predicted molar refractivity (Wildman–Crippen MR) is 74.0 cm³/mol. The van der Waals surface area contributed by atoms with Gasteiger partial charge in [0.25, 0.3) is 5.89 Å². The third-order valence-electron chi connectivity index (χ3n) is 2.96. The van der Waals surface area contributed by atoms with Crippen LogP contribution in [0.4, 0.5) is 0 Å². The summed E-state index contributed by atoms with van der Waals surface area (Å²) in [5, 5.41) is 11.5. The molecule has 0 spiro atoms. The summed E-state index contributed by atoms with van der Waals surface area (Å²) in [6.07, 6.45) is 1.58. The molecule has 1 atom stereocenters. The molecule has 3 aromatic rings. The zero-order valence-electron chi connectivity index (χ0n) is 11.1. The van der Waals surface area contributed by atoms with Gasteiger partial charge in [-0.3, -0.25) is 0 Å². The highest BCUT2D eigenvalue weighted by molar-refractivity contribution is 5.42. The number of nitrogens with zero attached hydrogens (tertiary/aromatic N) is 2. The van der Waals surface area contributed by atoms with E-state index in [0.717, 1.165) is 12.1 Å².